The minimum atomic E-state index is -1.15. The summed E-state index contributed by atoms with van der Waals surface area (Å²) in [6.45, 7) is 0. The summed E-state index contributed by atoms with van der Waals surface area (Å²) in [6.07, 6.45) is 0.0993. The van der Waals surface area contributed by atoms with E-state index in [2.05, 4.69) is 4.98 Å². The van der Waals surface area contributed by atoms with Gasteiger partial charge in [-0.3, -0.25) is 4.98 Å². The van der Waals surface area contributed by atoms with Gasteiger partial charge in [0.1, 0.15) is 17.7 Å². The van der Waals surface area contributed by atoms with Crippen molar-refractivity contribution in [1.82, 2.24) is 4.98 Å². The van der Waals surface area contributed by atoms with Crippen LogP contribution >= 0.6 is 11.6 Å². The first-order chi connectivity index (χ1) is 8.59. The maximum atomic E-state index is 13.4. The van der Waals surface area contributed by atoms with Crippen LogP contribution in [0.25, 0.3) is 0 Å². The van der Waals surface area contributed by atoms with Crippen LogP contribution in [-0.4, -0.2) is 10.1 Å². The zero-order chi connectivity index (χ0) is 13.1. The number of benzene rings is 1. The number of rotatable bonds is 3. The summed E-state index contributed by atoms with van der Waals surface area (Å²) < 4.78 is 26.8. The molecule has 0 saturated heterocycles. The lowest BCUT2D eigenvalue weighted by molar-refractivity contribution is 0.171. The Kier molecular flexibility index (Phi) is 3.89. The van der Waals surface area contributed by atoms with Crippen LogP contribution in [0.3, 0.4) is 0 Å². The van der Waals surface area contributed by atoms with Gasteiger partial charge in [0.2, 0.25) is 0 Å². The van der Waals surface area contributed by atoms with Crippen LogP contribution in [0.1, 0.15) is 17.4 Å². The van der Waals surface area contributed by atoms with Gasteiger partial charge in [-0.25, -0.2) is 8.78 Å². The molecule has 1 atom stereocenters. The number of nitrogens with zero attached hydrogens (tertiary/aromatic N) is 1. The maximum absolute atomic E-state index is 13.4. The molecule has 18 heavy (non-hydrogen) atoms. The van der Waals surface area contributed by atoms with Crippen LogP contribution in [0.15, 0.2) is 36.5 Å². The summed E-state index contributed by atoms with van der Waals surface area (Å²) in [5, 5.41) is 10.2. The van der Waals surface area contributed by atoms with Gasteiger partial charge in [-0.05, 0) is 24.3 Å². The van der Waals surface area contributed by atoms with Crippen molar-refractivity contribution in [2.45, 2.75) is 12.5 Å². The average molecular weight is 270 g/mol. The summed E-state index contributed by atoms with van der Waals surface area (Å²) in [7, 11) is 0. The predicted octanol–water partition coefficient (Wildman–Crippen LogP) is 3.29. The highest BCUT2D eigenvalue weighted by Crippen LogP contribution is 2.25. The molecule has 0 radical (unpaired) electrons. The molecule has 0 aliphatic carbocycles. The van der Waals surface area contributed by atoms with Gasteiger partial charge in [-0.15, -0.1) is 0 Å². The van der Waals surface area contributed by atoms with Crippen LogP contribution < -0.4 is 0 Å². The summed E-state index contributed by atoms with van der Waals surface area (Å²) in [6, 6.07) is 6.73. The lowest BCUT2D eigenvalue weighted by Gasteiger charge is -2.12. The van der Waals surface area contributed by atoms with E-state index in [1.165, 1.54) is 12.3 Å². The van der Waals surface area contributed by atoms with Gasteiger partial charge in [0.05, 0.1) is 10.7 Å². The van der Waals surface area contributed by atoms with Crippen LogP contribution in [-0.2, 0) is 6.42 Å². The van der Waals surface area contributed by atoms with E-state index in [9.17, 15) is 13.9 Å². The third kappa shape index (κ3) is 2.66. The first-order valence-corrected chi connectivity index (χ1v) is 5.68. The molecule has 0 fully saturated rings. The summed E-state index contributed by atoms with van der Waals surface area (Å²) in [5.41, 5.74) is 0.0357. The van der Waals surface area contributed by atoms with Gasteiger partial charge in [0, 0.05) is 18.2 Å². The third-order valence-electron chi connectivity index (χ3n) is 2.56. The molecule has 1 unspecified atom stereocenters. The number of aliphatic hydroxyl groups excluding tert-OH is 1. The van der Waals surface area contributed by atoms with Crippen molar-refractivity contribution in [2.24, 2.45) is 0 Å². The van der Waals surface area contributed by atoms with Gasteiger partial charge in [-0.1, -0.05) is 17.7 Å². The highest BCUT2D eigenvalue weighted by Gasteiger charge is 2.18. The van der Waals surface area contributed by atoms with E-state index in [1.54, 1.807) is 12.1 Å². The van der Waals surface area contributed by atoms with Crippen molar-refractivity contribution >= 4 is 11.6 Å². The Balaban J connectivity index is 2.27. The SMILES string of the molecule is OC(Cc1c(F)cccc1F)c1ncccc1Cl. The molecule has 0 spiro atoms. The summed E-state index contributed by atoms with van der Waals surface area (Å²) in [4.78, 5) is 3.91. The average Bonchev–Trinajstić information content (AvgIpc) is 2.34. The van der Waals surface area contributed by atoms with Gasteiger partial charge < -0.3 is 5.11 Å². The molecule has 0 bridgehead atoms. The molecule has 0 aliphatic heterocycles. The molecular formula is C13H10ClF2NO. The molecule has 0 amide bonds. The normalized spacial score (nSPS) is 12.4. The van der Waals surface area contributed by atoms with Crippen molar-refractivity contribution in [3.8, 4) is 0 Å². The Hall–Kier alpha value is -1.52. The highest BCUT2D eigenvalue weighted by atomic mass is 35.5. The molecule has 94 valence electrons. The van der Waals surface area contributed by atoms with Crippen LogP contribution in [0.4, 0.5) is 8.78 Å². The summed E-state index contributed by atoms with van der Waals surface area (Å²) >= 11 is 5.85. The topological polar surface area (TPSA) is 33.1 Å². The Morgan fingerprint density at radius 3 is 2.44 bits per heavy atom. The predicted molar refractivity (Wildman–Crippen MR) is 64.3 cm³/mol. The van der Waals surface area contributed by atoms with E-state index in [-0.39, 0.29) is 22.7 Å². The molecule has 1 aromatic heterocycles. The Labute approximate surface area is 108 Å². The number of aliphatic hydroxyl groups is 1. The second kappa shape index (κ2) is 5.42. The molecule has 0 saturated carbocycles. The van der Waals surface area contributed by atoms with E-state index in [0.717, 1.165) is 12.1 Å². The highest BCUT2D eigenvalue weighted by molar-refractivity contribution is 6.31. The van der Waals surface area contributed by atoms with E-state index >= 15 is 0 Å². The maximum Gasteiger partial charge on any atom is 0.129 e. The minimum Gasteiger partial charge on any atom is -0.386 e. The fraction of sp³-hybridized carbons (Fsp3) is 0.154. The number of halogens is 3. The lowest BCUT2D eigenvalue weighted by Crippen LogP contribution is -2.07. The van der Waals surface area contributed by atoms with Gasteiger partial charge in [0.15, 0.2) is 0 Å². The van der Waals surface area contributed by atoms with E-state index in [1.807, 2.05) is 0 Å². The van der Waals surface area contributed by atoms with Crippen molar-refractivity contribution in [2.75, 3.05) is 0 Å². The van der Waals surface area contributed by atoms with Crippen molar-refractivity contribution in [1.29, 1.82) is 0 Å². The Morgan fingerprint density at radius 2 is 1.83 bits per heavy atom. The minimum absolute atomic E-state index is 0.174. The fourth-order valence-electron chi connectivity index (χ4n) is 1.66. The molecule has 2 aromatic rings. The number of hydrogen-bond donors (Lipinski definition) is 1. The number of pyridine rings is 1. The third-order valence-corrected chi connectivity index (χ3v) is 2.88. The van der Waals surface area contributed by atoms with Crippen LogP contribution in [0.2, 0.25) is 5.02 Å². The van der Waals surface area contributed by atoms with Gasteiger partial charge in [0.25, 0.3) is 0 Å². The standard InChI is InChI=1S/C13H10ClF2NO/c14-9-3-2-6-17-13(9)12(18)7-8-10(15)4-1-5-11(8)16/h1-6,12,18H,7H2. The Bertz CT molecular complexity index is 542. The molecule has 1 N–H and O–H groups in total. The van der Waals surface area contributed by atoms with E-state index in [4.69, 9.17) is 11.6 Å². The lowest BCUT2D eigenvalue weighted by atomic mass is 10.0. The number of hydrogen-bond acceptors (Lipinski definition) is 2. The molecule has 2 nitrogen and oxygen atoms in total. The molecule has 5 heteroatoms. The fourth-order valence-corrected chi connectivity index (χ4v) is 1.91. The van der Waals surface area contributed by atoms with Crippen molar-refractivity contribution < 1.29 is 13.9 Å². The second-order valence-electron chi connectivity index (χ2n) is 3.79. The van der Waals surface area contributed by atoms with Crippen LogP contribution in [0, 0.1) is 11.6 Å². The second-order valence-corrected chi connectivity index (χ2v) is 4.20. The van der Waals surface area contributed by atoms with Crippen molar-refractivity contribution in [3.63, 3.8) is 0 Å². The first kappa shape index (κ1) is 12.9. The van der Waals surface area contributed by atoms with Gasteiger partial charge >= 0.3 is 0 Å². The first-order valence-electron chi connectivity index (χ1n) is 5.31. The molecule has 0 aliphatic rings. The van der Waals surface area contributed by atoms with Crippen molar-refractivity contribution in [3.05, 3.63) is 64.4 Å². The van der Waals surface area contributed by atoms with Gasteiger partial charge in [-0.2, -0.15) is 0 Å². The molecular weight excluding hydrogens is 260 g/mol. The zero-order valence-corrected chi connectivity index (χ0v) is 10.0. The smallest absolute Gasteiger partial charge is 0.129 e. The number of aromatic nitrogens is 1. The molecule has 2 rings (SSSR count). The zero-order valence-electron chi connectivity index (χ0n) is 9.28. The summed E-state index contributed by atoms with van der Waals surface area (Å²) in [5.74, 6) is -1.39. The quantitative estimate of drug-likeness (QED) is 0.927. The Morgan fingerprint density at radius 1 is 1.17 bits per heavy atom. The van der Waals surface area contributed by atoms with Crippen LogP contribution in [0.5, 0.6) is 0 Å². The van der Waals surface area contributed by atoms with E-state index < -0.39 is 17.7 Å². The van der Waals surface area contributed by atoms with E-state index in [0.29, 0.717) is 0 Å². The molecule has 1 aromatic carbocycles. The largest absolute Gasteiger partial charge is 0.386 e. The molecule has 1 heterocycles. The monoisotopic (exact) mass is 269 g/mol.